The lowest BCUT2D eigenvalue weighted by Gasteiger charge is -2.27. The van der Waals surface area contributed by atoms with Crippen molar-refractivity contribution in [2.45, 2.75) is 45.4 Å². The highest BCUT2D eigenvalue weighted by atomic mass is 32.1. The van der Waals surface area contributed by atoms with Crippen LogP contribution in [-0.4, -0.2) is 30.5 Å². The van der Waals surface area contributed by atoms with E-state index in [-0.39, 0.29) is 0 Å². The first kappa shape index (κ1) is 13.7. The molecule has 1 fully saturated rings. The molecule has 1 aliphatic carbocycles. The molecule has 0 spiro atoms. The Kier molecular flexibility index (Phi) is 4.95. The van der Waals surface area contributed by atoms with Crippen molar-refractivity contribution in [2.75, 3.05) is 25.6 Å². The number of nitrogens with zero attached hydrogens (tertiary/aromatic N) is 2. The number of rotatable bonds is 7. The van der Waals surface area contributed by atoms with Crippen molar-refractivity contribution in [3.63, 3.8) is 0 Å². The largest absolute Gasteiger partial charge is 0.384 e. The SMILES string of the molecule is CCCc1nnc(NCC2(COC)CCCC2)s1. The van der Waals surface area contributed by atoms with Crippen LogP contribution in [0.3, 0.4) is 0 Å². The van der Waals surface area contributed by atoms with Crippen molar-refractivity contribution < 1.29 is 4.74 Å². The summed E-state index contributed by atoms with van der Waals surface area (Å²) in [4.78, 5) is 0. The van der Waals surface area contributed by atoms with Crippen LogP contribution in [0.2, 0.25) is 0 Å². The fraction of sp³-hybridized carbons (Fsp3) is 0.846. The summed E-state index contributed by atoms with van der Waals surface area (Å²) >= 11 is 1.68. The molecule has 1 aromatic rings. The van der Waals surface area contributed by atoms with Crippen molar-refractivity contribution in [2.24, 2.45) is 5.41 Å². The molecule has 102 valence electrons. The third kappa shape index (κ3) is 3.42. The molecule has 0 atom stereocenters. The van der Waals surface area contributed by atoms with Crippen LogP contribution in [0.15, 0.2) is 0 Å². The van der Waals surface area contributed by atoms with Gasteiger partial charge in [0.25, 0.3) is 0 Å². The normalized spacial score (nSPS) is 18.1. The first-order valence-corrected chi connectivity index (χ1v) is 7.65. The number of methoxy groups -OCH3 is 1. The van der Waals surface area contributed by atoms with Crippen LogP contribution < -0.4 is 5.32 Å². The fourth-order valence-electron chi connectivity index (χ4n) is 2.71. The Hall–Kier alpha value is -0.680. The zero-order chi connectivity index (χ0) is 12.8. The number of aryl methyl sites for hydroxylation is 1. The smallest absolute Gasteiger partial charge is 0.205 e. The second kappa shape index (κ2) is 6.48. The topological polar surface area (TPSA) is 47.0 Å². The van der Waals surface area contributed by atoms with Gasteiger partial charge in [0, 0.05) is 25.5 Å². The van der Waals surface area contributed by atoms with E-state index in [9.17, 15) is 0 Å². The van der Waals surface area contributed by atoms with E-state index in [1.807, 2.05) is 0 Å². The molecule has 0 aromatic carbocycles. The Balaban J connectivity index is 1.88. The van der Waals surface area contributed by atoms with Crippen LogP contribution in [-0.2, 0) is 11.2 Å². The van der Waals surface area contributed by atoms with Gasteiger partial charge in [-0.2, -0.15) is 0 Å². The molecule has 0 amide bonds. The Morgan fingerprint density at radius 1 is 1.33 bits per heavy atom. The van der Waals surface area contributed by atoms with E-state index < -0.39 is 0 Å². The summed E-state index contributed by atoms with van der Waals surface area (Å²) in [6, 6.07) is 0. The summed E-state index contributed by atoms with van der Waals surface area (Å²) in [7, 11) is 1.80. The summed E-state index contributed by atoms with van der Waals surface area (Å²) in [5, 5.41) is 13.9. The van der Waals surface area contributed by atoms with Gasteiger partial charge in [-0.15, -0.1) is 10.2 Å². The van der Waals surface area contributed by atoms with Crippen LogP contribution >= 0.6 is 11.3 Å². The van der Waals surface area contributed by atoms with Gasteiger partial charge >= 0.3 is 0 Å². The molecule has 0 unspecified atom stereocenters. The van der Waals surface area contributed by atoms with Gasteiger partial charge in [0.2, 0.25) is 5.13 Å². The van der Waals surface area contributed by atoms with E-state index in [2.05, 4.69) is 22.4 Å². The maximum atomic E-state index is 5.39. The van der Waals surface area contributed by atoms with Gasteiger partial charge in [0.05, 0.1) is 6.61 Å². The molecule has 0 aliphatic heterocycles. The molecular formula is C13H23N3OS. The van der Waals surface area contributed by atoms with E-state index >= 15 is 0 Å². The predicted molar refractivity (Wildman–Crippen MR) is 75.2 cm³/mol. The monoisotopic (exact) mass is 269 g/mol. The molecule has 0 saturated heterocycles. The maximum absolute atomic E-state index is 5.39. The van der Waals surface area contributed by atoms with Gasteiger partial charge in [0.15, 0.2) is 0 Å². The highest BCUT2D eigenvalue weighted by molar-refractivity contribution is 7.15. The van der Waals surface area contributed by atoms with Crippen LogP contribution in [0.1, 0.15) is 44.0 Å². The van der Waals surface area contributed by atoms with Crippen LogP contribution in [0.5, 0.6) is 0 Å². The third-order valence-corrected chi connectivity index (χ3v) is 4.60. The van der Waals surface area contributed by atoms with Crippen molar-refractivity contribution >= 4 is 16.5 Å². The lowest BCUT2D eigenvalue weighted by atomic mass is 9.87. The van der Waals surface area contributed by atoms with E-state index in [1.54, 1.807) is 18.4 Å². The molecule has 4 nitrogen and oxygen atoms in total. The van der Waals surface area contributed by atoms with Crippen LogP contribution in [0.4, 0.5) is 5.13 Å². The first-order chi connectivity index (χ1) is 8.78. The molecule has 1 N–H and O–H groups in total. The standard InChI is InChI=1S/C13H23N3OS/c1-3-6-11-15-16-12(18-11)14-9-13(10-17-2)7-4-5-8-13/h3-10H2,1-2H3,(H,14,16). The zero-order valence-corrected chi connectivity index (χ0v) is 12.2. The van der Waals surface area contributed by atoms with Crippen molar-refractivity contribution in [3.05, 3.63) is 5.01 Å². The van der Waals surface area contributed by atoms with E-state index in [1.165, 1.54) is 25.7 Å². The number of hydrogen-bond donors (Lipinski definition) is 1. The molecular weight excluding hydrogens is 246 g/mol. The lowest BCUT2D eigenvalue weighted by molar-refractivity contribution is 0.0923. The quantitative estimate of drug-likeness (QED) is 0.826. The molecule has 1 heterocycles. The number of hydrogen-bond acceptors (Lipinski definition) is 5. The second-order valence-corrected chi connectivity index (χ2v) is 6.31. The molecule has 5 heteroatoms. The Labute approximate surface area is 113 Å². The Bertz CT molecular complexity index is 361. The maximum Gasteiger partial charge on any atom is 0.205 e. The number of ether oxygens (including phenoxy) is 1. The van der Waals surface area contributed by atoms with Crippen molar-refractivity contribution in [1.82, 2.24) is 10.2 Å². The van der Waals surface area contributed by atoms with E-state index in [0.29, 0.717) is 5.41 Å². The van der Waals surface area contributed by atoms with Gasteiger partial charge < -0.3 is 10.1 Å². The zero-order valence-electron chi connectivity index (χ0n) is 11.4. The van der Waals surface area contributed by atoms with Crippen LogP contribution in [0.25, 0.3) is 0 Å². The van der Waals surface area contributed by atoms with Crippen molar-refractivity contribution in [3.8, 4) is 0 Å². The average Bonchev–Trinajstić information content (AvgIpc) is 2.98. The molecule has 2 rings (SSSR count). The van der Waals surface area contributed by atoms with Crippen LogP contribution in [0, 0.1) is 5.41 Å². The number of nitrogens with one attached hydrogen (secondary N) is 1. The minimum atomic E-state index is 0.311. The minimum absolute atomic E-state index is 0.311. The van der Waals surface area contributed by atoms with Gasteiger partial charge in [0.1, 0.15) is 5.01 Å². The summed E-state index contributed by atoms with van der Waals surface area (Å²) in [6.07, 6.45) is 7.32. The summed E-state index contributed by atoms with van der Waals surface area (Å²) < 4.78 is 5.39. The molecule has 1 saturated carbocycles. The lowest BCUT2D eigenvalue weighted by Crippen LogP contribution is -2.31. The van der Waals surface area contributed by atoms with Gasteiger partial charge in [-0.1, -0.05) is 31.1 Å². The first-order valence-electron chi connectivity index (χ1n) is 6.83. The summed E-state index contributed by atoms with van der Waals surface area (Å²) in [6.45, 7) is 3.98. The Morgan fingerprint density at radius 2 is 2.11 bits per heavy atom. The molecule has 1 aromatic heterocycles. The third-order valence-electron chi connectivity index (χ3n) is 3.66. The highest BCUT2D eigenvalue weighted by Crippen LogP contribution is 2.38. The summed E-state index contributed by atoms with van der Waals surface area (Å²) in [5.41, 5.74) is 0.311. The van der Waals surface area contributed by atoms with Gasteiger partial charge in [-0.05, 0) is 19.3 Å². The van der Waals surface area contributed by atoms with E-state index in [0.717, 1.165) is 36.1 Å². The van der Waals surface area contributed by atoms with Crippen molar-refractivity contribution in [1.29, 1.82) is 0 Å². The minimum Gasteiger partial charge on any atom is -0.384 e. The second-order valence-electron chi connectivity index (χ2n) is 5.24. The molecule has 0 radical (unpaired) electrons. The number of aromatic nitrogens is 2. The number of anilines is 1. The van der Waals surface area contributed by atoms with E-state index in [4.69, 9.17) is 4.74 Å². The van der Waals surface area contributed by atoms with Gasteiger partial charge in [-0.3, -0.25) is 0 Å². The molecule has 18 heavy (non-hydrogen) atoms. The fourth-order valence-corrected chi connectivity index (χ4v) is 3.54. The predicted octanol–water partition coefficient (Wildman–Crippen LogP) is 3.11. The molecule has 1 aliphatic rings. The Morgan fingerprint density at radius 3 is 2.78 bits per heavy atom. The average molecular weight is 269 g/mol. The summed E-state index contributed by atoms with van der Waals surface area (Å²) in [5.74, 6) is 0. The molecule has 0 bridgehead atoms. The van der Waals surface area contributed by atoms with Gasteiger partial charge in [-0.25, -0.2) is 0 Å². The highest BCUT2D eigenvalue weighted by Gasteiger charge is 2.33.